The number of hydrogen-bond acceptors (Lipinski definition) is 4. The predicted molar refractivity (Wildman–Crippen MR) is 65.6 cm³/mol. The third-order valence-corrected chi connectivity index (χ3v) is 3.28. The van der Waals surface area contributed by atoms with Crippen molar-refractivity contribution in [1.29, 1.82) is 0 Å². The maximum Gasteiger partial charge on any atom is 0.328 e. The van der Waals surface area contributed by atoms with E-state index in [0.29, 0.717) is 19.0 Å². The van der Waals surface area contributed by atoms with Gasteiger partial charge in [0.15, 0.2) is 0 Å². The lowest BCUT2D eigenvalue weighted by Crippen LogP contribution is -2.22. The van der Waals surface area contributed by atoms with Crippen LogP contribution in [0.5, 0.6) is 0 Å². The smallest absolute Gasteiger partial charge is 0.328 e. The molecule has 0 bridgehead atoms. The summed E-state index contributed by atoms with van der Waals surface area (Å²) in [6, 6.07) is 1.37. The molecule has 6 nitrogen and oxygen atoms in total. The first kappa shape index (κ1) is 14.2. The lowest BCUT2D eigenvalue weighted by molar-refractivity contribution is -0.386. The molecule has 8 heteroatoms. The molecule has 1 fully saturated rings. The van der Waals surface area contributed by atoms with Gasteiger partial charge in [-0.2, -0.15) is 4.39 Å². The number of carbonyl (C=O) groups is 1. The number of carboxylic acid groups (broad SMARTS) is 1. The van der Waals surface area contributed by atoms with Gasteiger partial charge >= 0.3 is 11.7 Å². The number of carboxylic acids is 1. The van der Waals surface area contributed by atoms with Crippen LogP contribution in [0.3, 0.4) is 0 Å². The zero-order valence-corrected chi connectivity index (χ0v) is 10.4. The Hall–Kier alpha value is -2.25. The highest BCUT2D eigenvalue weighted by molar-refractivity contribution is 5.68. The van der Waals surface area contributed by atoms with E-state index in [2.05, 4.69) is 0 Å². The van der Waals surface area contributed by atoms with Crippen LogP contribution in [0, 0.1) is 27.7 Å². The Balaban J connectivity index is 2.29. The van der Waals surface area contributed by atoms with Crippen LogP contribution >= 0.6 is 0 Å². The minimum Gasteiger partial charge on any atom is -0.481 e. The Bertz CT molecular complexity index is 565. The highest BCUT2D eigenvalue weighted by Gasteiger charge is 2.31. The van der Waals surface area contributed by atoms with Crippen molar-refractivity contribution in [2.24, 2.45) is 5.92 Å². The van der Waals surface area contributed by atoms with Crippen molar-refractivity contribution in [3.05, 3.63) is 33.9 Å². The number of nitro benzene ring substituents is 1. The van der Waals surface area contributed by atoms with Crippen LogP contribution in [0.4, 0.5) is 20.2 Å². The standard InChI is InChI=1S/C12H12F2N2O4/c13-8-4-9(14)12(16(19)20)10(5-8)15-2-1-7(6-15)3-11(17)18/h4-5,7H,1-3,6H2,(H,17,18). The summed E-state index contributed by atoms with van der Waals surface area (Å²) >= 11 is 0. The molecule has 0 amide bonds. The van der Waals surface area contributed by atoms with Gasteiger partial charge in [-0.05, 0) is 12.3 Å². The zero-order valence-electron chi connectivity index (χ0n) is 10.4. The van der Waals surface area contributed by atoms with E-state index < -0.39 is 28.2 Å². The molecule has 108 valence electrons. The number of nitro groups is 1. The summed E-state index contributed by atoms with van der Waals surface area (Å²) < 4.78 is 26.8. The van der Waals surface area contributed by atoms with E-state index in [0.717, 1.165) is 6.07 Å². The van der Waals surface area contributed by atoms with Gasteiger partial charge in [0.25, 0.3) is 0 Å². The van der Waals surface area contributed by atoms with Gasteiger partial charge in [0.2, 0.25) is 5.82 Å². The van der Waals surface area contributed by atoms with E-state index in [1.165, 1.54) is 4.90 Å². The van der Waals surface area contributed by atoms with Gasteiger partial charge in [-0.25, -0.2) is 4.39 Å². The lowest BCUT2D eigenvalue weighted by Gasteiger charge is -2.18. The molecule has 1 aromatic rings. The SMILES string of the molecule is O=C(O)CC1CCN(c2cc(F)cc(F)c2[N+](=O)[O-])C1. The predicted octanol–water partition coefficient (Wildman–Crippen LogP) is 2.17. The van der Waals surface area contributed by atoms with Gasteiger partial charge in [-0.1, -0.05) is 0 Å². The largest absolute Gasteiger partial charge is 0.481 e. The molecular formula is C12H12F2N2O4. The minimum atomic E-state index is -1.23. The normalized spacial score (nSPS) is 18.3. The molecule has 1 N–H and O–H groups in total. The van der Waals surface area contributed by atoms with Gasteiger partial charge in [0.1, 0.15) is 11.5 Å². The van der Waals surface area contributed by atoms with Gasteiger partial charge in [0, 0.05) is 31.6 Å². The molecule has 1 aliphatic heterocycles. The first-order chi connectivity index (χ1) is 9.38. The van der Waals surface area contributed by atoms with E-state index in [9.17, 15) is 23.7 Å². The van der Waals surface area contributed by atoms with Crippen molar-refractivity contribution in [3.63, 3.8) is 0 Å². The van der Waals surface area contributed by atoms with Crippen molar-refractivity contribution in [2.75, 3.05) is 18.0 Å². The van der Waals surface area contributed by atoms with E-state index in [-0.39, 0.29) is 24.6 Å². The van der Waals surface area contributed by atoms with Crippen molar-refractivity contribution >= 4 is 17.3 Å². The number of benzene rings is 1. The average molecular weight is 286 g/mol. The van der Waals surface area contributed by atoms with E-state index >= 15 is 0 Å². The molecule has 20 heavy (non-hydrogen) atoms. The molecule has 2 rings (SSSR count). The molecule has 0 saturated carbocycles. The molecule has 1 saturated heterocycles. The number of anilines is 1. The Labute approximate surface area is 112 Å². The van der Waals surface area contributed by atoms with E-state index in [4.69, 9.17) is 5.11 Å². The monoisotopic (exact) mass is 286 g/mol. The summed E-state index contributed by atoms with van der Waals surface area (Å²) in [7, 11) is 0. The van der Waals surface area contributed by atoms with Gasteiger partial charge in [-0.3, -0.25) is 14.9 Å². The molecule has 1 aliphatic rings. The van der Waals surface area contributed by atoms with Crippen molar-refractivity contribution in [3.8, 4) is 0 Å². The zero-order chi connectivity index (χ0) is 14.9. The van der Waals surface area contributed by atoms with Crippen molar-refractivity contribution in [1.82, 2.24) is 0 Å². The Morgan fingerprint density at radius 3 is 2.80 bits per heavy atom. The fraction of sp³-hybridized carbons (Fsp3) is 0.417. The summed E-state index contributed by atoms with van der Waals surface area (Å²) in [6.07, 6.45) is 0.448. The summed E-state index contributed by atoms with van der Waals surface area (Å²) in [4.78, 5) is 22.1. The quantitative estimate of drug-likeness (QED) is 0.677. The Kier molecular flexibility index (Phi) is 3.82. The van der Waals surface area contributed by atoms with Gasteiger partial charge in [-0.15, -0.1) is 0 Å². The van der Waals surface area contributed by atoms with E-state index in [1.807, 2.05) is 0 Å². The summed E-state index contributed by atoms with van der Waals surface area (Å²) in [5.41, 5.74) is -0.914. The summed E-state index contributed by atoms with van der Waals surface area (Å²) in [5.74, 6) is -3.27. The number of halogens is 2. The number of hydrogen-bond donors (Lipinski definition) is 1. The lowest BCUT2D eigenvalue weighted by atomic mass is 10.1. The first-order valence-electron chi connectivity index (χ1n) is 5.98. The average Bonchev–Trinajstić information content (AvgIpc) is 2.74. The third kappa shape index (κ3) is 2.84. The van der Waals surface area contributed by atoms with Crippen LogP contribution < -0.4 is 4.90 Å². The highest BCUT2D eigenvalue weighted by Crippen LogP contribution is 2.35. The van der Waals surface area contributed by atoms with Crippen LogP contribution in [0.1, 0.15) is 12.8 Å². The molecule has 0 radical (unpaired) electrons. The molecule has 0 aliphatic carbocycles. The van der Waals surface area contributed by atoms with Crippen LogP contribution in [0.25, 0.3) is 0 Å². The number of aliphatic carboxylic acids is 1. The number of nitrogens with zero attached hydrogens (tertiary/aromatic N) is 2. The van der Waals surface area contributed by atoms with E-state index in [1.54, 1.807) is 0 Å². The second-order valence-corrected chi connectivity index (χ2v) is 4.71. The van der Waals surface area contributed by atoms with Crippen molar-refractivity contribution in [2.45, 2.75) is 12.8 Å². The second-order valence-electron chi connectivity index (χ2n) is 4.71. The van der Waals surface area contributed by atoms with Crippen LogP contribution in [0.2, 0.25) is 0 Å². The third-order valence-electron chi connectivity index (χ3n) is 3.28. The topological polar surface area (TPSA) is 83.7 Å². The maximum atomic E-state index is 13.5. The molecule has 1 heterocycles. The Morgan fingerprint density at radius 2 is 2.20 bits per heavy atom. The fourth-order valence-electron chi connectivity index (χ4n) is 2.44. The molecule has 0 aromatic heterocycles. The first-order valence-corrected chi connectivity index (χ1v) is 5.98. The van der Waals surface area contributed by atoms with Crippen molar-refractivity contribution < 1.29 is 23.6 Å². The van der Waals surface area contributed by atoms with Crippen LogP contribution in [-0.2, 0) is 4.79 Å². The Morgan fingerprint density at radius 1 is 1.50 bits per heavy atom. The maximum absolute atomic E-state index is 13.5. The molecule has 1 aromatic carbocycles. The second kappa shape index (κ2) is 5.40. The molecule has 1 atom stereocenters. The van der Waals surface area contributed by atoms with Crippen LogP contribution in [0.15, 0.2) is 12.1 Å². The highest BCUT2D eigenvalue weighted by atomic mass is 19.1. The summed E-state index contributed by atoms with van der Waals surface area (Å²) in [6.45, 7) is 0.567. The fourth-order valence-corrected chi connectivity index (χ4v) is 2.44. The van der Waals surface area contributed by atoms with Gasteiger partial charge in [0.05, 0.1) is 4.92 Å². The number of rotatable bonds is 4. The minimum absolute atomic E-state index is 0.0674. The molecule has 0 spiro atoms. The van der Waals surface area contributed by atoms with Gasteiger partial charge < -0.3 is 10.0 Å². The summed E-state index contributed by atoms with van der Waals surface area (Å²) in [5, 5.41) is 19.6. The molecular weight excluding hydrogens is 274 g/mol. The molecule has 1 unspecified atom stereocenters. The van der Waals surface area contributed by atoms with Crippen LogP contribution in [-0.4, -0.2) is 29.1 Å².